The summed E-state index contributed by atoms with van der Waals surface area (Å²) in [5.41, 5.74) is 8.34. The molecule has 0 aliphatic carbocycles. The summed E-state index contributed by atoms with van der Waals surface area (Å²) in [4.78, 5) is 4.34. The molecule has 2 N–H and O–H groups in total. The number of hydrogen-bond acceptors (Lipinski definition) is 4. The standard InChI is InChI=1S/C17H22N2O2/c1-3-10-20-15-8-7-13(12-16(15)21-11-4-2)17-14(18)6-5-9-19-17/h5-9,12H,3-4,10-11,18H2,1-2H3. The van der Waals surface area contributed by atoms with Gasteiger partial charge >= 0.3 is 0 Å². The van der Waals surface area contributed by atoms with E-state index in [1.54, 1.807) is 6.20 Å². The normalized spacial score (nSPS) is 10.4. The van der Waals surface area contributed by atoms with Gasteiger partial charge < -0.3 is 15.2 Å². The highest BCUT2D eigenvalue weighted by Gasteiger charge is 2.10. The van der Waals surface area contributed by atoms with Crippen LogP contribution in [0.4, 0.5) is 5.69 Å². The van der Waals surface area contributed by atoms with Crippen LogP contribution in [0.1, 0.15) is 26.7 Å². The zero-order valence-corrected chi connectivity index (χ0v) is 12.6. The number of nitrogens with zero attached hydrogens (tertiary/aromatic N) is 1. The van der Waals surface area contributed by atoms with E-state index in [2.05, 4.69) is 18.8 Å². The second-order valence-corrected chi connectivity index (χ2v) is 4.80. The van der Waals surface area contributed by atoms with Gasteiger partial charge in [-0.1, -0.05) is 13.8 Å². The predicted octanol–water partition coefficient (Wildman–Crippen LogP) is 3.91. The molecule has 0 saturated heterocycles. The summed E-state index contributed by atoms with van der Waals surface area (Å²) in [5, 5.41) is 0. The van der Waals surface area contributed by atoms with Crippen molar-refractivity contribution >= 4 is 5.69 Å². The minimum absolute atomic E-state index is 0.654. The molecule has 1 heterocycles. The van der Waals surface area contributed by atoms with Crippen molar-refractivity contribution in [1.29, 1.82) is 0 Å². The predicted molar refractivity (Wildman–Crippen MR) is 85.7 cm³/mol. The number of nitrogens with two attached hydrogens (primary N) is 1. The van der Waals surface area contributed by atoms with E-state index < -0.39 is 0 Å². The Morgan fingerprint density at radius 2 is 1.71 bits per heavy atom. The number of aromatic nitrogens is 1. The molecule has 21 heavy (non-hydrogen) atoms. The van der Waals surface area contributed by atoms with Crippen LogP contribution in [-0.4, -0.2) is 18.2 Å². The van der Waals surface area contributed by atoms with Crippen LogP contribution in [0.3, 0.4) is 0 Å². The fraction of sp³-hybridized carbons (Fsp3) is 0.353. The number of nitrogen functional groups attached to an aromatic ring is 1. The van der Waals surface area contributed by atoms with E-state index in [0.29, 0.717) is 18.9 Å². The molecular weight excluding hydrogens is 264 g/mol. The van der Waals surface area contributed by atoms with Crippen LogP contribution in [0.25, 0.3) is 11.3 Å². The number of anilines is 1. The molecule has 2 rings (SSSR count). The molecule has 1 aromatic heterocycles. The minimum Gasteiger partial charge on any atom is -0.490 e. The van der Waals surface area contributed by atoms with Crippen LogP contribution in [-0.2, 0) is 0 Å². The summed E-state index contributed by atoms with van der Waals surface area (Å²) in [6.45, 7) is 5.49. The fourth-order valence-corrected chi connectivity index (χ4v) is 1.97. The molecule has 0 aliphatic heterocycles. The van der Waals surface area contributed by atoms with Gasteiger partial charge in [0.1, 0.15) is 0 Å². The Balaban J connectivity index is 2.34. The largest absolute Gasteiger partial charge is 0.490 e. The second-order valence-electron chi connectivity index (χ2n) is 4.80. The maximum absolute atomic E-state index is 5.99. The van der Waals surface area contributed by atoms with Crippen molar-refractivity contribution in [2.45, 2.75) is 26.7 Å². The summed E-state index contributed by atoms with van der Waals surface area (Å²) in [7, 11) is 0. The van der Waals surface area contributed by atoms with Crippen molar-refractivity contribution in [1.82, 2.24) is 4.98 Å². The van der Waals surface area contributed by atoms with Crippen molar-refractivity contribution in [3.8, 4) is 22.8 Å². The first kappa shape index (κ1) is 15.2. The monoisotopic (exact) mass is 286 g/mol. The van der Waals surface area contributed by atoms with E-state index in [0.717, 1.165) is 35.6 Å². The molecule has 0 bridgehead atoms. The third kappa shape index (κ3) is 3.88. The van der Waals surface area contributed by atoms with E-state index in [1.165, 1.54) is 0 Å². The van der Waals surface area contributed by atoms with Gasteiger partial charge in [-0.2, -0.15) is 0 Å². The maximum Gasteiger partial charge on any atom is 0.161 e. The Morgan fingerprint density at radius 3 is 2.38 bits per heavy atom. The Morgan fingerprint density at radius 1 is 1.00 bits per heavy atom. The number of pyridine rings is 1. The molecule has 0 atom stereocenters. The first-order valence-corrected chi connectivity index (χ1v) is 7.36. The highest BCUT2D eigenvalue weighted by Crippen LogP contribution is 2.34. The number of rotatable bonds is 7. The molecular formula is C17H22N2O2. The molecule has 1 aromatic carbocycles. The van der Waals surface area contributed by atoms with Crippen LogP contribution in [0.2, 0.25) is 0 Å². The Hall–Kier alpha value is -2.23. The molecule has 4 nitrogen and oxygen atoms in total. The lowest BCUT2D eigenvalue weighted by Crippen LogP contribution is -2.02. The maximum atomic E-state index is 5.99. The van der Waals surface area contributed by atoms with E-state index in [1.807, 2.05) is 30.3 Å². The van der Waals surface area contributed by atoms with Crippen molar-refractivity contribution in [2.75, 3.05) is 18.9 Å². The minimum atomic E-state index is 0.654. The second kappa shape index (κ2) is 7.53. The average Bonchev–Trinajstić information content (AvgIpc) is 2.52. The molecule has 112 valence electrons. The zero-order chi connectivity index (χ0) is 15.1. The quantitative estimate of drug-likeness (QED) is 0.838. The highest BCUT2D eigenvalue weighted by atomic mass is 16.5. The number of hydrogen-bond donors (Lipinski definition) is 1. The molecule has 0 spiro atoms. The van der Waals surface area contributed by atoms with Crippen LogP contribution in [0.5, 0.6) is 11.5 Å². The van der Waals surface area contributed by atoms with Crippen LogP contribution in [0, 0.1) is 0 Å². The summed E-state index contributed by atoms with van der Waals surface area (Å²) in [6, 6.07) is 9.49. The lowest BCUT2D eigenvalue weighted by atomic mass is 10.1. The van der Waals surface area contributed by atoms with E-state index in [9.17, 15) is 0 Å². The molecule has 0 fully saturated rings. The summed E-state index contributed by atoms with van der Waals surface area (Å²) in [6.07, 6.45) is 3.64. The summed E-state index contributed by atoms with van der Waals surface area (Å²) < 4.78 is 11.5. The zero-order valence-electron chi connectivity index (χ0n) is 12.6. The van der Waals surface area contributed by atoms with Crippen LogP contribution < -0.4 is 15.2 Å². The third-order valence-electron chi connectivity index (χ3n) is 2.98. The smallest absolute Gasteiger partial charge is 0.161 e. The molecule has 0 unspecified atom stereocenters. The van der Waals surface area contributed by atoms with Crippen molar-refractivity contribution in [3.05, 3.63) is 36.5 Å². The van der Waals surface area contributed by atoms with Gasteiger partial charge in [0.25, 0.3) is 0 Å². The van der Waals surface area contributed by atoms with Crippen LogP contribution >= 0.6 is 0 Å². The van der Waals surface area contributed by atoms with Crippen LogP contribution in [0.15, 0.2) is 36.5 Å². The van der Waals surface area contributed by atoms with Gasteiger partial charge in [-0.05, 0) is 43.2 Å². The van der Waals surface area contributed by atoms with Gasteiger partial charge in [-0.3, -0.25) is 4.98 Å². The van der Waals surface area contributed by atoms with Gasteiger partial charge in [0.15, 0.2) is 11.5 Å². The lowest BCUT2D eigenvalue weighted by molar-refractivity contribution is 0.268. The Bertz CT molecular complexity index is 585. The first-order chi connectivity index (χ1) is 10.3. The SMILES string of the molecule is CCCOc1ccc(-c2ncccc2N)cc1OCCC. The highest BCUT2D eigenvalue weighted by molar-refractivity contribution is 5.74. The Kier molecular flexibility index (Phi) is 5.43. The van der Waals surface area contributed by atoms with E-state index in [-0.39, 0.29) is 0 Å². The number of benzene rings is 1. The van der Waals surface area contributed by atoms with Gasteiger partial charge in [0, 0.05) is 11.8 Å². The van der Waals surface area contributed by atoms with E-state index >= 15 is 0 Å². The number of ether oxygens (including phenoxy) is 2. The van der Waals surface area contributed by atoms with Crippen molar-refractivity contribution in [2.24, 2.45) is 0 Å². The fourth-order valence-electron chi connectivity index (χ4n) is 1.97. The Labute approximate surface area is 125 Å². The molecule has 0 aliphatic rings. The van der Waals surface area contributed by atoms with Gasteiger partial charge in [0.05, 0.1) is 24.6 Å². The van der Waals surface area contributed by atoms with Gasteiger partial charge in [0.2, 0.25) is 0 Å². The van der Waals surface area contributed by atoms with Crippen molar-refractivity contribution in [3.63, 3.8) is 0 Å². The van der Waals surface area contributed by atoms with Crippen molar-refractivity contribution < 1.29 is 9.47 Å². The lowest BCUT2D eigenvalue weighted by Gasteiger charge is -2.14. The summed E-state index contributed by atoms with van der Waals surface area (Å²) >= 11 is 0. The van der Waals surface area contributed by atoms with Gasteiger partial charge in [-0.15, -0.1) is 0 Å². The topological polar surface area (TPSA) is 57.4 Å². The molecule has 0 saturated carbocycles. The first-order valence-electron chi connectivity index (χ1n) is 7.36. The molecule has 2 aromatic rings. The van der Waals surface area contributed by atoms with Gasteiger partial charge in [-0.25, -0.2) is 0 Å². The third-order valence-corrected chi connectivity index (χ3v) is 2.98. The molecule has 4 heteroatoms. The molecule has 0 amide bonds. The average molecular weight is 286 g/mol. The van der Waals surface area contributed by atoms with E-state index in [4.69, 9.17) is 15.2 Å². The molecule has 0 radical (unpaired) electrons. The summed E-state index contributed by atoms with van der Waals surface area (Å²) in [5.74, 6) is 1.51.